The van der Waals surface area contributed by atoms with Crippen LogP contribution in [0.1, 0.15) is 12.0 Å². The van der Waals surface area contributed by atoms with Gasteiger partial charge in [-0.25, -0.2) is 4.79 Å². The number of nitrogens with zero attached hydrogens (tertiary/aromatic N) is 2. The van der Waals surface area contributed by atoms with Gasteiger partial charge in [0, 0.05) is 32.7 Å². The summed E-state index contributed by atoms with van der Waals surface area (Å²) in [5.74, 6) is -0.564. The molecule has 0 radical (unpaired) electrons. The second-order valence-electron chi connectivity index (χ2n) is 6.74. The number of rotatable bonds is 8. The topological polar surface area (TPSA) is 91.0 Å². The van der Waals surface area contributed by atoms with E-state index in [0.29, 0.717) is 19.5 Å². The number of carbonyl (C=O) groups is 3. The van der Waals surface area contributed by atoms with Gasteiger partial charge in [-0.15, -0.1) is 0 Å². The number of nitrogens with one attached hydrogen (secondary N) is 2. The minimum Gasteiger partial charge on any atom is -0.379 e. The Labute approximate surface area is 158 Å². The van der Waals surface area contributed by atoms with Gasteiger partial charge >= 0.3 is 6.03 Å². The Balaban J connectivity index is 1.40. The van der Waals surface area contributed by atoms with Gasteiger partial charge < -0.3 is 15.4 Å². The standard InChI is InChI=1S/C19H26N4O4/c24-17(20-7-9-22-10-12-27-13-11-22)14-16-18(25)23(19(26)21-16)8-6-15-4-2-1-3-5-15/h1-5,16H,6-14H2,(H,20,24)(H,21,26). The minimum absolute atomic E-state index is 0.0322. The van der Waals surface area contributed by atoms with Crippen LogP contribution in [0, 0.1) is 0 Å². The van der Waals surface area contributed by atoms with Crippen LogP contribution in [0.2, 0.25) is 0 Å². The first-order valence-corrected chi connectivity index (χ1v) is 9.36. The molecule has 0 spiro atoms. The number of carbonyl (C=O) groups excluding carboxylic acids is 3. The number of amides is 4. The summed E-state index contributed by atoms with van der Waals surface area (Å²) in [5.41, 5.74) is 1.06. The number of morpholine rings is 1. The Bertz CT molecular complexity index is 661. The monoisotopic (exact) mass is 374 g/mol. The van der Waals surface area contributed by atoms with Crippen molar-refractivity contribution in [3.05, 3.63) is 35.9 Å². The predicted molar refractivity (Wildman–Crippen MR) is 99.1 cm³/mol. The molecule has 8 heteroatoms. The largest absolute Gasteiger partial charge is 0.379 e. The molecule has 2 fully saturated rings. The van der Waals surface area contributed by atoms with Crippen LogP contribution in [0.15, 0.2) is 30.3 Å². The van der Waals surface area contributed by atoms with Crippen LogP contribution in [0.25, 0.3) is 0 Å². The Morgan fingerprint density at radius 2 is 1.89 bits per heavy atom. The first kappa shape index (κ1) is 19.3. The lowest BCUT2D eigenvalue weighted by atomic mass is 10.1. The van der Waals surface area contributed by atoms with Crippen molar-refractivity contribution in [1.82, 2.24) is 20.4 Å². The van der Waals surface area contributed by atoms with E-state index in [1.54, 1.807) is 0 Å². The van der Waals surface area contributed by atoms with Crippen LogP contribution in [-0.2, 0) is 20.7 Å². The number of urea groups is 1. The molecule has 1 aromatic rings. The fourth-order valence-electron chi connectivity index (χ4n) is 3.25. The maximum Gasteiger partial charge on any atom is 0.324 e. The predicted octanol–water partition coefficient (Wildman–Crippen LogP) is -0.0120. The highest BCUT2D eigenvalue weighted by atomic mass is 16.5. The van der Waals surface area contributed by atoms with Gasteiger partial charge in [0.15, 0.2) is 0 Å². The average Bonchev–Trinajstić information content (AvgIpc) is 2.94. The smallest absolute Gasteiger partial charge is 0.324 e. The fraction of sp³-hybridized carbons (Fsp3) is 0.526. The molecule has 3 rings (SSSR count). The summed E-state index contributed by atoms with van der Waals surface area (Å²) in [4.78, 5) is 40.0. The molecule has 2 saturated heterocycles. The third-order valence-corrected chi connectivity index (χ3v) is 4.82. The molecule has 1 unspecified atom stereocenters. The Morgan fingerprint density at radius 3 is 2.63 bits per heavy atom. The molecule has 0 aliphatic carbocycles. The summed E-state index contributed by atoms with van der Waals surface area (Å²) in [7, 11) is 0. The maximum atomic E-state index is 12.4. The van der Waals surface area contributed by atoms with Crippen molar-refractivity contribution in [2.45, 2.75) is 18.9 Å². The summed E-state index contributed by atoms with van der Waals surface area (Å²) in [6.07, 6.45) is 0.563. The third kappa shape index (κ3) is 5.51. The lowest BCUT2D eigenvalue weighted by Crippen LogP contribution is -2.42. The van der Waals surface area contributed by atoms with Gasteiger partial charge in [0.1, 0.15) is 6.04 Å². The van der Waals surface area contributed by atoms with E-state index in [-0.39, 0.29) is 18.2 Å². The lowest BCUT2D eigenvalue weighted by molar-refractivity contribution is -0.130. The van der Waals surface area contributed by atoms with Crippen molar-refractivity contribution < 1.29 is 19.1 Å². The van der Waals surface area contributed by atoms with Crippen LogP contribution in [0.4, 0.5) is 4.79 Å². The van der Waals surface area contributed by atoms with Gasteiger partial charge in [-0.1, -0.05) is 30.3 Å². The lowest BCUT2D eigenvalue weighted by Gasteiger charge is -2.26. The van der Waals surface area contributed by atoms with Gasteiger partial charge in [0.2, 0.25) is 5.91 Å². The fourth-order valence-corrected chi connectivity index (χ4v) is 3.25. The molecule has 2 aliphatic heterocycles. The van der Waals surface area contributed by atoms with Gasteiger partial charge in [-0.05, 0) is 12.0 Å². The summed E-state index contributed by atoms with van der Waals surface area (Å²) in [6.45, 7) is 4.75. The summed E-state index contributed by atoms with van der Waals surface area (Å²) in [6, 6.07) is 8.47. The van der Waals surface area contributed by atoms with Crippen molar-refractivity contribution in [2.24, 2.45) is 0 Å². The quantitative estimate of drug-likeness (QED) is 0.625. The molecule has 4 amide bonds. The normalized spacial score (nSPS) is 20.6. The number of benzene rings is 1. The molecule has 27 heavy (non-hydrogen) atoms. The van der Waals surface area contributed by atoms with Gasteiger partial charge in [0.05, 0.1) is 19.6 Å². The minimum atomic E-state index is -0.781. The molecular formula is C19H26N4O4. The second kappa shape index (κ2) is 9.48. The van der Waals surface area contributed by atoms with E-state index in [2.05, 4.69) is 15.5 Å². The third-order valence-electron chi connectivity index (χ3n) is 4.82. The molecule has 0 aromatic heterocycles. The number of hydrogen-bond donors (Lipinski definition) is 2. The second-order valence-corrected chi connectivity index (χ2v) is 6.74. The Kier molecular flexibility index (Phi) is 6.78. The Hall–Kier alpha value is -2.45. The van der Waals surface area contributed by atoms with E-state index in [9.17, 15) is 14.4 Å². The highest BCUT2D eigenvalue weighted by Gasteiger charge is 2.38. The molecule has 1 aromatic carbocycles. The molecule has 2 heterocycles. The van der Waals surface area contributed by atoms with Crippen LogP contribution in [0.5, 0.6) is 0 Å². The van der Waals surface area contributed by atoms with Gasteiger partial charge in [-0.2, -0.15) is 0 Å². The van der Waals surface area contributed by atoms with Crippen LogP contribution in [-0.4, -0.2) is 79.6 Å². The number of imide groups is 1. The van der Waals surface area contributed by atoms with Crippen LogP contribution < -0.4 is 10.6 Å². The highest BCUT2D eigenvalue weighted by Crippen LogP contribution is 2.11. The van der Waals surface area contributed by atoms with Crippen molar-refractivity contribution in [3.8, 4) is 0 Å². The molecule has 8 nitrogen and oxygen atoms in total. The van der Waals surface area contributed by atoms with E-state index in [4.69, 9.17) is 4.74 Å². The summed E-state index contributed by atoms with van der Waals surface area (Å²) in [5, 5.41) is 5.43. The molecule has 1 atom stereocenters. The SMILES string of the molecule is O=C(CC1NC(=O)N(CCc2ccccc2)C1=O)NCCN1CCOCC1. The van der Waals surface area contributed by atoms with Crippen molar-refractivity contribution in [3.63, 3.8) is 0 Å². The molecule has 2 aliphatic rings. The van der Waals surface area contributed by atoms with E-state index in [1.165, 1.54) is 4.90 Å². The summed E-state index contributed by atoms with van der Waals surface area (Å²) >= 11 is 0. The zero-order valence-electron chi connectivity index (χ0n) is 15.4. The molecule has 0 bridgehead atoms. The van der Waals surface area contributed by atoms with E-state index in [1.807, 2.05) is 30.3 Å². The molecular weight excluding hydrogens is 348 g/mol. The van der Waals surface area contributed by atoms with E-state index in [0.717, 1.165) is 38.4 Å². The van der Waals surface area contributed by atoms with Crippen LogP contribution in [0.3, 0.4) is 0 Å². The number of hydrogen-bond acceptors (Lipinski definition) is 5. The van der Waals surface area contributed by atoms with Gasteiger partial charge in [0.25, 0.3) is 5.91 Å². The first-order chi connectivity index (χ1) is 13.1. The summed E-state index contributed by atoms with van der Waals surface area (Å²) < 4.78 is 5.28. The highest BCUT2D eigenvalue weighted by molar-refractivity contribution is 6.05. The first-order valence-electron chi connectivity index (χ1n) is 9.36. The maximum absolute atomic E-state index is 12.4. The number of ether oxygens (including phenoxy) is 1. The molecule has 146 valence electrons. The van der Waals surface area contributed by atoms with Crippen molar-refractivity contribution in [2.75, 3.05) is 45.9 Å². The zero-order valence-corrected chi connectivity index (χ0v) is 15.4. The zero-order chi connectivity index (χ0) is 19.1. The van der Waals surface area contributed by atoms with Crippen molar-refractivity contribution in [1.29, 1.82) is 0 Å². The van der Waals surface area contributed by atoms with Crippen molar-refractivity contribution >= 4 is 17.8 Å². The van der Waals surface area contributed by atoms with E-state index >= 15 is 0 Å². The molecule has 2 N–H and O–H groups in total. The molecule has 0 saturated carbocycles. The Morgan fingerprint density at radius 1 is 1.15 bits per heavy atom. The van der Waals surface area contributed by atoms with E-state index < -0.39 is 12.1 Å². The van der Waals surface area contributed by atoms with Crippen LogP contribution >= 0.6 is 0 Å². The van der Waals surface area contributed by atoms with Gasteiger partial charge in [-0.3, -0.25) is 19.4 Å². The average molecular weight is 374 g/mol.